The van der Waals surface area contributed by atoms with E-state index in [1.807, 2.05) is 12.2 Å². The van der Waals surface area contributed by atoms with Crippen molar-refractivity contribution in [2.45, 2.75) is 0 Å². The quantitative estimate of drug-likeness (QED) is 0.581. The first-order chi connectivity index (χ1) is 6.34. The van der Waals surface area contributed by atoms with Crippen molar-refractivity contribution in [2.75, 3.05) is 17.7 Å². The lowest BCUT2D eigenvalue weighted by atomic mass is 10.3. The Bertz CT molecular complexity index is 286. The lowest BCUT2D eigenvalue weighted by Crippen LogP contribution is -2.00. The van der Waals surface area contributed by atoms with E-state index in [1.54, 1.807) is 18.2 Å². The first kappa shape index (κ1) is 10.1. The monoisotopic (exact) mass is 199 g/mol. The third-order valence-electron chi connectivity index (χ3n) is 1.54. The summed E-state index contributed by atoms with van der Waals surface area (Å²) in [5.41, 5.74) is 0.515. The topological polar surface area (TPSA) is 12.0 Å². The molecule has 1 aromatic rings. The van der Waals surface area contributed by atoms with Crippen LogP contribution in [0.25, 0.3) is 0 Å². The molecule has 0 amide bonds. The van der Waals surface area contributed by atoms with E-state index in [4.69, 9.17) is 11.6 Å². The molecule has 0 radical (unpaired) electrons. The molecule has 0 fully saturated rings. The van der Waals surface area contributed by atoms with E-state index in [1.165, 1.54) is 6.07 Å². The van der Waals surface area contributed by atoms with Crippen molar-refractivity contribution in [3.8, 4) is 0 Å². The van der Waals surface area contributed by atoms with Crippen LogP contribution in [-0.2, 0) is 0 Å². The van der Waals surface area contributed by atoms with Gasteiger partial charge in [-0.05, 0) is 12.1 Å². The minimum Gasteiger partial charge on any atom is -0.379 e. The Morgan fingerprint density at radius 3 is 2.77 bits per heavy atom. The smallest absolute Gasteiger partial charge is 0.146 e. The Morgan fingerprint density at radius 1 is 1.31 bits per heavy atom. The number of para-hydroxylation sites is 1. The van der Waals surface area contributed by atoms with Crippen molar-refractivity contribution < 1.29 is 4.39 Å². The van der Waals surface area contributed by atoms with Crippen LogP contribution in [0.2, 0.25) is 0 Å². The molecule has 0 spiro atoms. The highest BCUT2D eigenvalue weighted by Crippen LogP contribution is 2.11. The molecule has 0 aliphatic rings. The standard InChI is InChI=1S/C10H11ClFN/c11-7-3-4-8-13-10-6-2-1-5-9(10)12/h1-6,13H,7-8H2/b4-3+. The third kappa shape index (κ3) is 3.47. The van der Waals surface area contributed by atoms with Crippen molar-refractivity contribution in [1.29, 1.82) is 0 Å². The van der Waals surface area contributed by atoms with Crippen LogP contribution in [0.4, 0.5) is 10.1 Å². The minimum atomic E-state index is -0.234. The van der Waals surface area contributed by atoms with Gasteiger partial charge >= 0.3 is 0 Å². The molecule has 0 saturated heterocycles. The van der Waals surface area contributed by atoms with Crippen LogP contribution in [-0.4, -0.2) is 12.4 Å². The van der Waals surface area contributed by atoms with E-state index in [2.05, 4.69) is 5.32 Å². The van der Waals surface area contributed by atoms with Gasteiger partial charge in [-0.2, -0.15) is 0 Å². The van der Waals surface area contributed by atoms with E-state index in [-0.39, 0.29) is 5.82 Å². The summed E-state index contributed by atoms with van der Waals surface area (Å²) in [5, 5.41) is 2.93. The number of benzene rings is 1. The second-order valence-corrected chi connectivity index (χ2v) is 2.80. The number of allylic oxidation sites excluding steroid dienone is 1. The van der Waals surface area contributed by atoms with Crippen LogP contribution in [0.3, 0.4) is 0 Å². The summed E-state index contributed by atoms with van der Waals surface area (Å²) in [6.45, 7) is 0.591. The molecule has 3 heteroatoms. The van der Waals surface area contributed by atoms with Gasteiger partial charge in [0.05, 0.1) is 5.69 Å². The fourth-order valence-electron chi connectivity index (χ4n) is 0.920. The molecule has 1 nitrogen and oxygen atoms in total. The van der Waals surface area contributed by atoms with Gasteiger partial charge in [0.2, 0.25) is 0 Å². The van der Waals surface area contributed by atoms with Crippen LogP contribution in [0.1, 0.15) is 0 Å². The fourth-order valence-corrected chi connectivity index (χ4v) is 1.05. The van der Waals surface area contributed by atoms with Crippen LogP contribution in [0.15, 0.2) is 36.4 Å². The summed E-state index contributed by atoms with van der Waals surface area (Å²) in [7, 11) is 0. The number of halogens is 2. The molecule has 1 aromatic carbocycles. The highest BCUT2D eigenvalue weighted by Gasteiger charge is 1.95. The average molecular weight is 200 g/mol. The zero-order valence-corrected chi connectivity index (χ0v) is 7.89. The van der Waals surface area contributed by atoms with Crippen LogP contribution < -0.4 is 5.32 Å². The van der Waals surface area contributed by atoms with E-state index in [0.29, 0.717) is 18.1 Å². The van der Waals surface area contributed by atoms with Gasteiger partial charge in [0.25, 0.3) is 0 Å². The SMILES string of the molecule is Fc1ccccc1NC/C=C/CCl. The Hall–Kier alpha value is -1.02. The van der Waals surface area contributed by atoms with Gasteiger partial charge < -0.3 is 5.32 Å². The molecule has 0 aromatic heterocycles. The summed E-state index contributed by atoms with van der Waals surface area (Å²) in [6, 6.07) is 6.57. The van der Waals surface area contributed by atoms with Crippen molar-refractivity contribution in [2.24, 2.45) is 0 Å². The minimum absolute atomic E-state index is 0.234. The Kier molecular flexibility index (Phi) is 4.33. The molecule has 1 N–H and O–H groups in total. The van der Waals surface area contributed by atoms with E-state index in [0.717, 1.165) is 0 Å². The van der Waals surface area contributed by atoms with Gasteiger partial charge in [-0.25, -0.2) is 4.39 Å². The van der Waals surface area contributed by atoms with Crippen molar-refractivity contribution in [1.82, 2.24) is 0 Å². The van der Waals surface area contributed by atoms with Gasteiger partial charge in [0, 0.05) is 12.4 Å². The first-order valence-electron chi connectivity index (χ1n) is 4.04. The Balaban J connectivity index is 2.45. The first-order valence-corrected chi connectivity index (χ1v) is 4.57. The fraction of sp³-hybridized carbons (Fsp3) is 0.200. The van der Waals surface area contributed by atoms with Crippen molar-refractivity contribution in [3.05, 3.63) is 42.2 Å². The van der Waals surface area contributed by atoms with Crippen molar-refractivity contribution >= 4 is 17.3 Å². The maximum atomic E-state index is 13.0. The number of nitrogens with one attached hydrogen (secondary N) is 1. The lowest BCUT2D eigenvalue weighted by molar-refractivity contribution is 0.631. The van der Waals surface area contributed by atoms with E-state index in [9.17, 15) is 4.39 Å². The lowest BCUT2D eigenvalue weighted by Gasteiger charge is -2.03. The van der Waals surface area contributed by atoms with Gasteiger partial charge in [-0.1, -0.05) is 24.3 Å². The largest absolute Gasteiger partial charge is 0.379 e. The zero-order valence-electron chi connectivity index (χ0n) is 7.13. The molecule has 0 aliphatic carbocycles. The molecule has 1 rings (SSSR count). The summed E-state index contributed by atoms with van der Waals surface area (Å²) in [4.78, 5) is 0. The molecular formula is C10H11ClFN. The molecular weight excluding hydrogens is 189 g/mol. The summed E-state index contributed by atoms with van der Waals surface area (Å²) >= 11 is 5.43. The summed E-state index contributed by atoms with van der Waals surface area (Å²) in [6.07, 6.45) is 3.68. The summed E-state index contributed by atoms with van der Waals surface area (Å²) in [5.74, 6) is 0.251. The summed E-state index contributed by atoms with van der Waals surface area (Å²) < 4.78 is 13.0. The average Bonchev–Trinajstić information content (AvgIpc) is 2.15. The Morgan fingerprint density at radius 2 is 2.08 bits per heavy atom. The molecule has 13 heavy (non-hydrogen) atoms. The van der Waals surface area contributed by atoms with Crippen LogP contribution >= 0.6 is 11.6 Å². The highest BCUT2D eigenvalue weighted by molar-refractivity contribution is 6.18. The molecule has 0 atom stereocenters. The normalized spacial score (nSPS) is 10.6. The van der Waals surface area contributed by atoms with Gasteiger partial charge in [-0.15, -0.1) is 11.6 Å². The predicted octanol–water partition coefficient (Wildman–Crippen LogP) is 3.03. The van der Waals surface area contributed by atoms with Gasteiger partial charge in [0.15, 0.2) is 0 Å². The molecule has 0 unspecified atom stereocenters. The van der Waals surface area contributed by atoms with Crippen LogP contribution in [0, 0.1) is 5.82 Å². The maximum absolute atomic E-state index is 13.0. The predicted molar refractivity (Wildman–Crippen MR) is 54.7 cm³/mol. The molecule has 70 valence electrons. The number of anilines is 1. The van der Waals surface area contributed by atoms with Crippen LogP contribution in [0.5, 0.6) is 0 Å². The molecule has 0 aliphatic heterocycles. The molecule has 0 saturated carbocycles. The highest BCUT2D eigenvalue weighted by atomic mass is 35.5. The number of hydrogen-bond donors (Lipinski definition) is 1. The van der Waals surface area contributed by atoms with E-state index >= 15 is 0 Å². The van der Waals surface area contributed by atoms with Gasteiger partial charge in [0.1, 0.15) is 5.82 Å². The number of alkyl halides is 1. The van der Waals surface area contributed by atoms with Gasteiger partial charge in [-0.3, -0.25) is 0 Å². The van der Waals surface area contributed by atoms with E-state index < -0.39 is 0 Å². The third-order valence-corrected chi connectivity index (χ3v) is 1.72. The number of hydrogen-bond acceptors (Lipinski definition) is 1. The second-order valence-electron chi connectivity index (χ2n) is 2.49. The Labute approximate surface area is 82.2 Å². The molecule has 0 heterocycles. The zero-order chi connectivity index (χ0) is 9.52. The van der Waals surface area contributed by atoms with Crippen molar-refractivity contribution in [3.63, 3.8) is 0 Å². The maximum Gasteiger partial charge on any atom is 0.146 e. The molecule has 0 bridgehead atoms. The number of rotatable bonds is 4. The second kappa shape index (κ2) is 5.60.